The molecule has 21 heavy (non-hydrogen) atoms. The van der Waals surface area contributed by atoms with E-state index in [-0.39, 0.29) is 6.04 Å². The molecule has 0 radical (unpaired) electrons. The highest BCUT2D eigenvalue weighted by atomic mass is 16.5. The molecule has 0 saturated carbocycles. The van der Waals surface area contributed by atoms with E-state index in [1.807, 2.05) is 6.20 Å². The van der Waals surface area contributed by atoms with E-state index in [2.05, 4.69) is 36.8 Å². The monoisotopic (exact) mass is 291 g/mol. The van der Waals surface area contributed by atoms with Gasteiger partial charge in [-0.25, -0.2) is 4.98 Å². The van der Waals surface area contributed by atoms with E-state index in [0.717, 1.165) is 38.2 Å². The molecule has 2 rings (SSSR count). The van der Waals surface area contributed by atoms with E-state index in [0.29, 0.717) is 6.10 Å². The molecular formula is C17H29N3O. The quantitative estimate of drug-likeness (QED) is 0.875. The molecule has 4 heteroatoms. The Hall–Kier alpha value is -1.13. The van der Waals surface area contributed by atoms with Crippen molar-refractivity contribution in [2.45, 2.75) is 58.1 Å². The van der Waals surface area contributed by atoms with Gasteiger partial charge in [0, 0.05) is 32.4 Å². The summed E-state index contributed by atoms with van der Waals surface area (Å²) in [6.45, 7) is 6.07. The van der Waals surface area contributed by atoms with Gasteiger partial charge in [-0.1, -0.05) is 13.0 Å². The third-order valence-corrected chi connectivity index (χ3v) is 4.24. The molecule has 1 fully saturated rings. The maximum atomic E-state index is 6.02. The van der Waals surface area contributed by atoms with Crippen molar-refractivity contribution >= 4 is 5.82 Å². The number of pyridine rings is 1. The van der Waals surface area contributed by atoms with E-state index in [1.54, 1.807) is 0 Å². The van der Waals surface area contributed by atoms with Gasteiger partial charge in [0.25, 0.3) is 0 Å². The van der Waals surface area contributed by atoms with Crippen LogP contribution in [0.4, 0.5) is 5.82 Å². The molecule has 2 N–H and O–H groups in total. The molecule has 2 heterocycles. The van der Waals surface area contributed by atoms with Crippen molar-refractivity contribution in [1.29, 1.82) is 0 Å². The summed E-state index contributed by atoms with van der Waals surface area (Å²) in [7, 11) is 2.10. The van der Waals surface area contributed by atoms with Crippen molar-refractivity contribution in [3.8, 4) is 0 Å². The highest BCUT2D eigenvalue weighted by Crippen LogP contribution is 2.20. The molecule has 0 aliphatic carbocycles. The summed E-state index contributed by atoms with van der Waals surface area (Å²) < 4.78 is 5.81. The Bertz CT molecular complexity index is 444. The van der Waals surface area contributed by atoms with Crippen LogP contribution in [-0.2, 0) is 11.2 Å². The number of anilines is 1. The average Bonchev–Trinajstić information content (AvgIpc) is 2.48. The summed E-state index contributed by atoms with van der Waals surface area (Å²) >= 11 is 0. The number of aromatic nitrogens is 1. The molecule has 1 aromatic rings. The lowest BCUT2D eigenvalue weighted by Crippen LogP contribution is -2.34. The Morgan fingerprint density at radius 1 is 1.48 bits per heavy atom. The van der Waals surface area contributed by atoms with Gasteiger partial charge < -0.3 is 15.4 Å². The first-order valence-electron chi connectivity index (χ1n) is 8.14. The Kier molecular flexibility index (Phi) is 6.00. The molecule has 1 saturated heterocycles. The van der Waals surface area contributed by atoms with Gasteiger partial charge in [0.1, 0.15) is 5.82 Å². The first-order chi connectivity index (χ1) is 10.1. The Morgan fingerprint density at radius 2 is 2.29 bits per heavy atom. The fraction of sp³-hybridized carbons (Fsp3) is 0.706. The minimum atomic E-state index is 0.227. The lowest BCUT2D eigenvalue weighted by atomic mass is 10.0. The number of aryl methyl sites for hydroxylation is 1. The molecule has 1 aromatic heterocycles. The maximum Gasteiger partial charge on any atom is 0.131 e. The Balaban J connectivity index is 1.98. The highest BCUT2D eigenvalue weighted by Gasteiger charge is 2.17. The molecule has 1 aliphatic heterocycles. The van der Waals surface area contributed by atoms with Gasteiger partial charge in [-0.05, 0) is 50.2 Å². The van der Waals surface area contributed by atoms with Crippen LogP contribution in [-0.4, -0.2) is 37.3 Å². The third-order valence-electron chi connectivity index (χ3n) is 4.24. The first-order valence-corrected chi connectivity index (χ1v) is 8.14. The number of hydrogen-bond acceptors (Lipinski definition) is 4. The summed E-state index contributed by atoms with van der Waals surface area (Å²) in [5.41, 5.74) is 8.47. The van der Waals surface area contributed by atoms with Gasteiger partial charge in [0.15, 0.2) is 0 Å². The van der Waals surface area contributed by atoms with Crippen LogP contribution in [0.15, 0.2) is 12.3 Å². The van der Waals surface area contributed by atoms with Gasteiger partial charge in [-0.15, -0.1) is 0 Å². The molecule has 0 bridgehead atoms. The van der Waals surface area contributed by atoms with Gasteiger partial charge in [-0.3, -0.25) is 0 Å². The molecule has 0 spiro atoms. The molecule has 2 atom stereocenters. The Labute approximate surface area is 128 Å². The number of ether oxygens (including phenoxy) is 1. The molecule has 0 aromatic carbocycles. The zero-order valence-electron chi connectivity index (χ0n) is 13.6. The summed E-state index contributed by atoms with van der Waals surface area (Å²) in [5.74, 6) is 1.05. The zero-order valence-corrected chi connectivity index (χ0v) is 13.6. The van der Waals surface area contributed by atoms with Crippen molar-refractivity contribution in [2.75, 3.05) is 25.1 Å². The van der Waals surface area contributed by atoms with E-state index < -0.39 is 0 Å². The van der Waals surface area contributed by atoms with Crippen LogP contribution in [0, 0.1) is 6.92 Å². The molecule has 118 valence electrons. The van der Waals surface area contributed by atoms with E-state index >= 15 is 0 Å². The van der Waals surface area contributed by atoms with Gasteiger partial charge in [0.2, 0.25) is 0 Å². The van der Waals surface area contributed by atoms with Crippen molar-refractivity contribution in [2.24, 2.45) is 5.73 Å². The van der Waals surface area contributed by atoms with Gasteiger partial charge in [0.05, 0.1) is 6.10 Å². The predicted octanol–water partition coefficient (Wildman–Crippen LogP) is 2.68. The van der Waals surface area contributed by atoms with Crippen LogP contribution < -0.4 is 10.6 Å². The van der Waals surface area contributed by atoms with Crippen molar-refractivity contribution in [3.05, 3.63) is 23.4 Å². The fourth-order valence-corrected chi connectivity index (χ4v) is 2.93. The minimum absolute atomic E-state index is 0.227. The highest BCUT2D eigenvalue weighted by molar-refractivity contribution is 5.46. The number of likely N-dealkylation sites (N-methyl/N-ethyl adjacent to an activating group) is 1. The van der Waals surface area contributed by atoms with Gasteiger partial charge in [-0.2, -0.15) is 0 Å². The molecule has 2 unspecified atom stereocenters. The number of rotatable bonds is 6. The van der Waals surface area contributed by atoms with Crippen LogP contribution >= 0.6 is 0 Å². The van der Waals surface area contributed by atoms with Crippen LogP contribution in [0.1, 0.15) is 43.7 Å². The molecule has 4 nitrogen and oxygen atoms in total. The minimum Gasteiger partial charge on any atom is -0.376 e. The molecular weight excluding hydrogens is 262 g/mol. The van der Waals surface area contributed by atoms with E-state index in [9.17, 15) is 0 Å². The van der Waals surface area contributed by atoms with Crippen LogP contribution in [0.5, 0.6) is 0 Å². The maximum absolute atomic E-state index is 6.02. The smallest absolute Gasteiger partial charge is 0.131 e. The largest absolute Gasteiger partial charge is 0.376 e. The van der Waals surface area contributed by atoms with Crippen molar-refractivity contribution < 1.29 is 4.74 Å². The average molecular weight is 291 g/mol. The standard InChI is InChI=1S/C17H29N3O/c1-4-15(18)10-14-9-13(2)17(19-11-14)20(3)12-16-7-5-6-8-21-16/h9,11,15-16H,4-8,10,12,18H2,1-3H3. The van der Waals surface area contributed by atoms with Crippen LogP contribution in [0.3, 0.4) is 0 Å². The number of nitrogens with zero attached hydrogens (tertiary/aromatic N) is 2. The first kappa shape index (κ1) is 16.2. The van der Waals surface area contributed by atoms with Crippen LogP contribution in [0.2, 0.25) is 0 Å². The van der Waals surface area contributed by atoms with Crippen LogP contribution in [0.25, 0.3) is 0 Å². The third kappa shape index (κ3) is 4.68. The number of nitrogens with two attached hydrogens (primary N) is 1. The SMILES string of the molecule is CCC(N)Cc1cnc(N(C)CC2CCCCO2)c(C)c1. The normalized spacial score (nSPS) is 20.3. The van der Waals surface area contributed by atoms with Crippen molar-refractivity contribution in [1.82, 2.24) is 4.98 Å². The summed E-state index contributed by atoms with van der Waals surface area (Å²) in [6.07, 6.45) is 7.85. The predicted molar refractivity (Wildman–Crippen MR) is 87.8 cm³/mol. The summed E-state index contributed by atoms with van der Waals surface area (Å²) in [5, 5.41) is 0. The van der Waals surface area contributed by atoms with E-state index in [4.69, 9.17) is 10.5 Å². The number of hydrogen-bond donors (Lipinski definition) is 1. The second-order valence-electron chi connectivity index (χ2n) is 6.23. The second-order valence-corrected chi connectivity index (χ2v) is 6.23. The zero-order chi connectivity index (χ0) is 15.2. The summed E-state index contributed by atoms with van der Waals surface area (Å²) in [6, 6.07) is 2.45. The lowest BCUT2D eigenvalue weighted by molar-refractivity contribution is 0.0215. The second kappa shape index (κ2) is 7.76. The molecule has 1 aliphatic rings. The lowest BCUT2D eigenvalue weighted by Gasteiger charge is -2.29. The van der Waals surface area contributed by atoms with Gasteiger partial charge >= 0.3 is 0 Å². The Morgan fingerprint density at radius 3 is 2.90 bits per heavy atom. The topological polar surface area (TPSA) is 51.4 Å². The van der Waals surface area contributed by atoms with Crippen molar-refractivity contribution in [3.63, 3.8) is 0 Å². The van der Waals surface area contributed by atoms with E-state index in [1.165, 1.54) is 24.0 Å². The fourth-order valence-electron chi connectivity index (χ4n) is 2.93. The molecule has 0 amide bonds. The summed E-state index contributed by atoms with van der Waals surface area (Å²) in [4.78, 5) is 6.86.